The molecule has 0 aromatic heterocycles. The number of carbonyl (C=O) groups is 1. The quantitative estimate of drug-likeness (QED) is 0.501. The Bertz CT molecular complexity index is 143. The van der Waals surface area contributed by atoms with Gasteiger partial charge in [-0.15, -0.1) is 10.0 Å². The summed E-state index contributed by atoms with van der Waals surface area (Å²) in [7, 11) is 0. The van der Waals surface area contributed by atoms with E-state index in [1.165, 1.54) is 12.5 Å². The number of hydrogen-bond acceptors (Lipinski definition) is 3. The van der Waals surface area contributed by atoms with Crippen molar-refractivity contribution < 1.29 is 14.4 Å². The Balaban J connectivity index is 3.99. The molecule has 0 aromatic carbocycles. The molecule has 0 heterocycles. The summed E-state index contributed by atoms with van der Waals surface area (Å²) in [4.78, 5) is 10.4. The third kappa shape index (κ3) is 2.81. The van der Waals surface area contributed by atoms with Crippen LogP contribution in [0.4, 0.5) is 4.48 Å². The molecule has 0 fully saturated rings. The summed E-state index contributed by atoms with van der Waals surface area (Å²) in [6.45, 7) is 1.65. The number of carboxylic acid groups (broad SMARTS) is 1. The van der Waals surface area contributed by atoms with Crippen molar-refractivity contribution in [2.24, 2.45) is 5.73 Å². The van der Waals surface area contributed by atoms with Crippen molar-refractivity contribution in [2.45, 2.75) is 25.3 Å². The third-order valence-corrected chi connectivity index (χ3v) is 1.56. The van der Waals surface area contributed by atoms with Crippen LogP contribution in [0.5, 0.6) is 0 Å². The summed E-state index contributed by atoms with van der Waals surface area (Å²) in [5.41, 5.74) is 4.92. The molecule has 0 bridgehead atoms. The molecule has 0 spiro atoms. The minimum Gasteiger partial charge on any atom is -0.480 e. The lowest BCUT2D eigenvalue weighted by Gasteiger charge is -2.20. The molecule has 11 heavy (non-hydrogen) atoms. The Morgan fingerprint density at radius 3 is 2.64 bits per heavy atom. The monoisotopic (exact) mass is 164 g/mol. The van der Waals surface area contributed by atoms with E-state index in [-0.39, 0.29) is 6.42 Å². The molecule has 0 rings (SSSR count). The van der Waals surface area contributed by atoms with Crippen molar-refractivity contribution in [1.82, 2.24) is 5.54 Å². The number of rotatable bonds is 5. The Labute approximate surface area is 64.5 Å². The number of halogens is 1. The van der Waals surface area contributed by atoms with Gasteiger partial charge in [-0.2, -0.15) is 0 Å². The van der Waals surface area contributed by atoms with E-state index in [0.29, 0.717) is 13.0 Å². The van der Waals surface area contributed by atoms with Crippen LogP contribution in [0.1, 0.15) is 19.8 Å². The van der Waals surface area contributed by atoms with E-state index in [0.717, 1.165) is 0 Å². The van der Waals surface area contributed by atoms with Crippen molar-refractivity contribution >= 4 is 5.97 Å². The fourth-order valence-electron chi connectivity index (χ4n) is 0.650. The Kier molecular flexibility index (Phi) is 3.99. The molecule has 0 aliphatic rings. The van der Waals surface area contributed by atoms with E-state index in [9.17, 15) is 9.28 Å². The first-order valence-corrected chi connectivity index (χ1v) is 3.38. The zero-order valence-corrected chi connectivity index (χ0v) is 6.43. The van der Waals surface area contributed by atoms with Gasteiger partial charge >= 0.3 is 5.97 Å². The van der Waals surface area contributed by atoms with Crippen LogP contribution >= 0.6 is 0 Å². The van der Waals surface area contributed by atoms with Gasteiger partial charge in [-0.25, -0.2) is 0 Å². The van der Waals surface area contributed by atoms with Gasteiger partial charge < -0.3 is 10.8 Å². The van der Waals surface area contributed by atoms with Gasteiger partial charge in [0.2, 0.25) is 0 Å². The van der Waals surface area contributed by atoms with Gasteiger partial charge in [0.05, 0.1) is 0 Å². The normalized spacial score (nSPS) is 15.9. The Morgan fingerprint density at radius 2 is 2.36 bits per heavy atom. The number of nitrogens with one attached hydrogen (secondary N) is 1. The van der Waals surface area contributed by atoms with Gasteiger partial charge in [-0.3, -0.25) is 4.79 Å². The molecule has 0 aromatic rings. The fourth-order valence-corrected chi connectivity index (χ4v) is 0.650. The predicted octanol–water partition coefficient (Wildman–Crippen LogP) is 0.0427. The first-order chi connectivity index (χ1) is 5.06. The van der Waals surface area contributed by atoms with Crippen LogP contribution in [0, 0.1) is 0 Å². The van der Waals surface area contributed by atoms with E-state index in [4.69, 9.17) is 10.8 Å². The summed E-state index contributed by atoms with van der Waals surface area (Å²) < 4.78 is 11.9. The molecular formula is C6H13FN2O2. The SMILES string of the molecule is CC(CCCN)(NF)C(=O)O. The second-order valence-corrected chi connectivity index (χ2v) is 2.62. The van der Waals surface area contributed by atoms with Gasteiger partial charge in [-0.05, 0) is 26.3 Å². The lowest BCUT2D eigenvalue weighted by Crippen LogP contribution is -2.45. The van der Waals surface area contributed by atoms with Gasteiger partial charge in [0.1, 0.15) is 5.54 Å². The second-order valence-electron chi connectivity index (χ2n) is 2.62. The maximum atomic E-state index is 11.9. The molecular weight excluding hydrogens is 151 g/mol. The lowest BCUT2D eigenvalue weighted by atomic mass is 9.97. The van der Waals surface area contributed by atoms with Crippen LogP contribution < -0.4 is 11.3 Å². The minimum absolute atomic E-state index is 0.190. The Hall–Kier alpha value is -0.680. The van der Waals surface area contributed by atoms with Gasteiger partial charge in [0.25, 0.3) is 0 Å². The number of nitrogens with two attached hydrogens (primary N) is 1. The molecule has 1 atom stereocenters. The predicted molar refractivity (Wildman–Crippen MR) is 38.6 cm³/mol. The number of aliphatic carboxylic acids is 1. The zero-order chi connectivity index (χ0) is 8.91. The molecule has 0 aliphatic carbocycles. The standard InChI is InChI=1S/C6H13FN2O2/c1-6(9-7,5(10)11)3-2-4-8/h9H,2-4,8H2,1H3,(H,10,11). The van der Waals surface area contributed by atoms with Crippen LogP contribution in [0.3, 0.4) is 0 Å². The highest BCUT2D eigenvalue weighted by molar-refractivity contribution is 5.77. The summed E-state index contributed by atoms with van der Waals surface area (Å²) in [6, 6.07) is 0. The highest BCUT2D eigenvalue weighted by Crippen LogP contribution is 2.11. The van der Waals surface area contributed by atoms with Crippen LogP contribution in [0.25, 0.3) is 0 Å². The van der Waals surface area contributed by atoms with Crippen LogP contribution in [-0.2, 0) is 4.79 Å². The maximum Gasteiger partial charge on any atom is 0.326 e. The molecule has 1 unspecified atom stereocenters. The fraction of sp³-hybridized carbons (Fsp3) is 0.833. The van der Waals surface area contributed by atoms with Gasteiger partial charge in [0.15, 0.2) is 0 Å². The molecule has 0 aliphatic heterocycles. The lowest BCUT2D eigenvalue weighted by molar-refractivity contribution is -0.146. The molecule has 0 amide bonds. The second kappa shape index (κ2) is 4.25. The van der Waals surface area contributed by atoms with Gasteiger partial charge in [0, 0.05) is 0 Å². The van der Waals surface area contributed by atoms with Crippen molar-refractivity contribution in [3.8, 4) is 0 Å². The molecule has 4 nitrogen and oxygen atoms in total. The first-order valence-electron chi connectivity index (χ1n) is 3.38. The largest absolute Gasteiger partial charge is 0.480 e. The molecule has 0 radical (unpaired) electrons. The number of carboxylic acids is 1. The van der Waals surface area contributed by atoms with Gasteiger partial charge in [-0.1, -0.05) is 0 Å². The first kappa shape index (κ1) is 10.3. The van der Waals surface area contributed by atoms with Crippen LogP contribution in [0.15, 0.2) is 0 Å². The van der Waals surface area contributed by atoms with E-state index in [2.05, 4.69) is 0 Å². The topological polar surface area (TPSA) is 75.3 Å². The Morgan fingerprint density at radius 1 is 1.82 bits per heavy atom. The molecule has 66 valence electrons. The summed E-state index contributed by atoms with van der Waals surface area (Å²) in [5.74, 6) is -1.20. The molecule has 0 saturated carbocycles. The molecule has 4 N–H and O–H groups in total. The highest BCUT2D eigenvalue weighted by Gasteiger charge is 2.32. The maximum absolute atomic E-state index is 11.9. The zero-order valence-electron chi connectivity index (χ0n) is 6.43. The van der Waals surface area contributed by atoms with Crippen molar-refractivity contribution in [3.05, 3.63) is 0 Å². The smallest absolute Gasteiger partial charge is 0.326 e. The van der Waals surface area contributed by atoms with Crippen LogP contribution in [0.2, 0.25) is 0 Å². The molecule has 0 saturated heterocycles. The number of hydrogen-bond donors (Lipinski definition) is 3. The summed E-state index contributed by atoms with van der Waals surface area (Å²) in [5, 5.41) is 8.52. The van der Waals surface area contributed by atoms with Crippen molar-refractivity contribution in [1.29, 1.82) is 0 Å². The summed E-state index contributed by atoms with van der Waals surface area (Å²) in [6.07, 6.45) is 0.676. The van der Waals surface area contributed by atoms with Crippen molar-refractivity contribution in [2.75, 3.05) is 6.54 Å². The van der Waals surface area contributed by atoms with E-state index >= 15 is 0 Å². The van der Waals surface area contributed by atoms with E-state index in [1.54, 1.807) is 0 Å². The average molecular weight is 164 g/mol. The highest BCUT2D eigenvalue weighted by atomic mass is 19.2. The van der Waals surface area contributed by atoms with E-state index in [1.807, 2.05) is 0 Å². The van der Waals surface area contributed by atoms with Crippen molar-refractivity contribution in [3.63, 3.8) is 0 Å². The minimum atomic E-state index is -1.49. The van der Waals surface area contributed by atoms with Crippen LogP contribution in [-0.4, -0.2) is 23.2 Å². The average Bonchev–Trinajstić information content (AvgIpc) is 2.00. The van der Waals surface area contributed by atoms with E-state index < -0.39 is 11.5 Å². The third-order valence-electron chi connectivity index (χ3n) is 1.56. The summed E-state index contributed by atoms with van der Waals surface area (Å²) >= 11 is 0. The molecule has 5 heteroatoms.